The van der Waals surface area contributed by atoms with Crippen LogP contribution in [0.4, 0.5) is 14.5 Å². The number of halogens is 2. The summed E-state index contributed by atoms with van der Waals surface area (Å²) in [7, 11) is 0. The summed E-state index contributed by atoms with van der Waals surface area (Å²) >= 11 is 0. The molecular weight excluding hydrogens is 238 g/mol. The Labute approximate surface area is 105 Å². The lowest BCUT2D eigenvalue weighted by Gasteiger charge is -2.20. The maximum Gasteiger partial charge on any atom is 0.242 e. The van der Waals surface area contributed by atoms with Crippen LogP contribution in [-0.2, 0) is 4.79 Å². The number of likely N-dealkylation sites (N-methyl/N-ethyl adjacent to an activating group) is 1. The molecule has 0 saturated heterocycles. The predicted molar refractivity (Wildman–Crippen MR) is 65.3 cm³/mol. The van der Waals surface area contributed by atoms with Gasteiger partial charge in [-0.25, -0.2) is 8.78 Å². The van der Waals surface area contributed by atoms with E-state index in [1.165, 1.54) is 0 Å². The first-order valence-corrected chi connectivity index (χ1v) is 6.10. The van der Waals surface area contributed by atoms with Gasteiger partial charge in [0.05, 0.1) is 12.2 Å². The molecule has 0 aliphatic heterocycles. The zero-order valence-corrected chi connectivity index (χ0v) is 10.2. The fourth-order valence-electron chi connectivity index (χ4n) is 1.93. The second kappa shape index (κ2) is 5.33. The van der Waals surface area contributed by atoms with Crippen LogP contribution in [0, 0.1) is 11.6 Å². The minimum atomic E-state index is -0.557. The molecule has 0 bridgehead atoms. The number of anilines is 1. The van der Waals surface area contributed by atoms with Gasteiger partial charge in [0.2, 0.25) is 5.91 Å². The van der Waals surface area contributed by atoms with E-state index in [2.05, 4.69) is 5.32 Å². The quantitative estimate of drug-likeness (QED) is 0.875. The molecule has 0 unspecified atom stereocenters. The number of hydrogen-bond donors (Lipinski definition) is 1. The van der Waals surface area contributed by atoms with Gasteiger partial charge in [-0.05, 0) is 38.0 Å². The van der Waals surface area contributed by atoms with E-state index < -0.39 is 11.6 Å². The summed E-state index contributed by atoms with van der Waals surface area (Å²) in [4.78, 5) is 13.6. The second-order valence-corrected chi connectivity index (χ2v) is 4.39. The molecule has 1 aliphatic carbocycles. The van der Waals surface area contributed by atoms with Crippen molar-refractivity contribution in [2.75, 3.05) is 18.4 Å². The van der Waals surface area contributed by atoms with Crippen LogP contribution in [0.1, 0.15) is 19.8 Å². The first kappa shape index (κ1) is 12.8. The lowest BCUT2D eigenvalue weighted by molar-refractivity contribution is -0.129. The van der Waals surface area contributed by atoms with Gasteiger partial charge in [0, 0.05) is 12.6 Å². The number of nitrogens with zero attached hydrogens (tertiary/aromatic N) is 1. The van der Waals surface area contributed by atoms with Gasteiger partial charge in [-0.1, -0.05) is 0 Å². The first-order valence-electron chi connectivity index (χ1n) is 6.10. The molecule has 98 valence electrons. The zero-order valence-electron chi connectivity index (χ0n) is 10.2. The monoisotopic (exact) mass is 254 g/mol. The van der Waals surface area contributed by atoms with Crippen molar-refractivity contribution in [3.05, 3.63) is 29.8 Å². The Bertz CT molecular complexity index is 447. The average molecular weight is 254 g/mol. The van der Waals surface area contributed by atoms with Crippen LogP contribution in [0.2, 0.25) is 0 Å². The van der Waals surface area contributed by atoms with E-state index in [4.69, 9.17) is 0 Å². The fraction of sp³-hybridized carbons (Fsp3) is 0.462. The third-order valence-electron chi connectivity index (χ3n) is 3.01. The number of benzene rings is 1. The number of amides is 1. The van der Waals surface area contributed by atoms with E-state index in [0.29, 0.717) is 12.6 Å². The molecule has 5 heteroatoms. The number of nitrogens with one attached hydrogen (secondary N) is 1. The van der Waals surface area contributed by atoms with Gasteiger partial charge in [-0.15, -0.1) is 0 Å². The summed E-state index contributed by atoms with van der Waals surface area (Å²) < 4.78 is 26.3. The minimum Gasteiger partial charge on any atom is -0.374 e. The van der Waals surface area contributed by atoms with Gasteiger partial charge in [0.15, 0.2) is 0 Å². The molecule has 1 amide bonds. The molecule has 2 rings (SSSR count). The molecule has 1 N–H and O–H groups in total. The van der Waals surface area contributed by atoms with Crippen molar-refractivity contribution in [3.63, 3.8) is 0 Å². The Morgan fingerprint density at radius 3 is 2.78 bits per heavy atom. The molecule has 1 aromatic rings. The molecule has 0 heterocycles. The van der Waals surface area contributed by atoms with Gasteiger partial charge >= 0.3 is 0 Å². The Hall–Kier alpha value is -1.65. The maximum absolute atomic E-state index is 13.3. The van der Waals surface area contributed by atoms with Gasteiger partial charge in [-0.2, -0.15) is 0 Å². The van der Waals surface area contributed by atoms with E-state index in [9.17, 15) is 13.6 Å². The van der Waals surface area contributed by atoms with Crippen molar-refractivity contribution < 1.29 is 13.6 Å². The van der Waals surface area contributed by atoms with Crippen molar-refractivity contribution in [3.8, 4) is 0 Å². The van der Waals surface area contributed by atoms with Crippen LogP contribution in [0.25, 0.3) is 0 Å². The summed E-state index contributed by atoms with van der Waals surface area (Å²) in [5, 5.41) is 2.64. The second-order valence-electron chi connectivity index (χ2n) is 4.39. The lowest BCUT2D eigenvalue weighted by atomic mass is 10.3. The molecule has 0 radical (unpaired) electrons. The highest BCUT2D eigenvalue weighted by Crippen LogP contribution is 2.26. The van der Waals surface area contributed by atoms with Crippen LogP contribution in [-0.4, -0.2) is 29.9 Å². The van der Waals surface area contributed by atoms with E-state index in [1.807, 2.05) is 6.92 Å². The van der Waals surface area contributed by atoms with Crippen molar-refractivity contribution >= 4 is 11.6 Å². The minimum absolute atomic E-state index is 0.00921. The molecule has 1 saturated carbocycles. The molecule has 1 aromatic carbocycles. The SMILES string of the molecule is CCN(C(=O)CNc1cc(F)ccc1F)C1CC1. The Kier molecular flexibility index (Phi) is 3.79. The molecule has 18 heavy (non-hydrogen) atoms. The zero-order chi connectivity index (χ0) is 13.1. The Morgan fingerprint density at radius 1 is 1.44 bits per heavy atom. The molecular formula is C13H16F2N2O. The summed E-state index contributed by atoms with van der Waals surface area (Å²) in [5.41, 5.74) is 0.0233. The maximum atomic E-state index is 13.3. The number of carbonyl (C=O) groups excluding carboxylic acids is 1. The van der Waals surface area contributed by atoms with Crippen molar-refractivity contribution in [1.82, 2.24) is 4.90 Å². The Balaban J connectivity index is 1.94. The average Bonchev–Trinajstić information content (AvgIpc) is 3.16. The molecule has 0 aromatic heterocycles. The van der Waals surface area contributed by atoms with Gasteiger partial charge in [0.25, 0.3) is 0 Å². The van der Waals surface area contributed by atoms with E-state index in [1.54, 1.807) is 4.90 Å². The highest BCUT2D eigenvalue weighted by atomic mass is 19.1. The van der Waals surface area contributed by atoms with Crippen LogP contribution in [0.5, 0.6) is 0 Å². The van der Waals surface area contributed by atoms with Crippen molar-refractivity contribution in [1.29, 1.82) is 0 Å². The fourth-order valence-corrected chi connectivity index (χ4v) is 1.93. The molecule has 3 nitrogen and oxygen atoms in total. The summed E-state index contributed by atoms with van der Waals surface area (Å²) in [6, 6.07) is 3.48. The van der Waals surface area contributed by atoms with E-state index >= 15 is 0 Å². The Morgan fingerprint density at radius 2 is 2.17 bits per heavy atom. The molecule has 1 fully saturated rings. The van der Waals surface area contributed by atoms with Gasteiger partial charge < -0.3 is 10.2 Å². The summed E-state index contributed by atoms with van der Waals surface area (Å²) in [5.74, 6) is -1.16. The summed E-state index contributed by atoms with van der Waals surface area (Å²) in [6.07, 6.45) is 2.07. The highest BCUT2D eigenvalue weighted by molar-refractivity contribution is 5.81. The molecule has 0 spiro atoms. The molecule has 1 aliphatic rings. The topological polar surface area (TPSA) is 32.3 Å². The van der Waals surface area contributed by atoms with Crippen LogP contribution in [0.3, 0.4) is 0 Å². The first-order chi connectivity index (χ1) is 8.61. The largest absolute Gasteiger partial charge is 0.374 e. The molecule has 0 atom stereocenters. The van der Waals surface area contributed by atoms with E-state index in [-0.39, 0.29) is 18.1 Å². The standard InChI is InChI=1S/C13H16F2N2O/c1-2-17(10-4-5-10)13(18)8-16-12-7-9(14)3-6-11(12)15/h3,6-7,10,16H,2,4-5,8H2,1H3. The number of carbonyl (C=O) groups is 1. The lowest BCUT2D eigenvalue weighted by Crippen LogP contribution is -2.37. The summed E-state index contributed by atoms with van der Waals surface area (Å²) in [6.45, 7) is 2.56. The number of hydrogen-bond acceptors (Lipinski definition) is 2. The van der Waals surface area contributed by atoms with Crippen molar-refractivity contribution in [2.24, 2.45) is 0 Å². The van der Waals surface area contributed by atoms with Gasteiger partial charge in [-0.3, -0.25) is 4.79 Å². The predicted octanol–water partition coefficient (Wildman–Crippen LogP) is 2.39. The van der Waals surface area contributed by atoms with Crippen LogP contribution >= 0.6 is 0 Å². The smallest absolute Gasteiger partial charge is 0.242 e. The third-order valence-corrected chi connectivity index (χ3v) is 3.01. The normalized spacial score (nSPS) is 14.4. The van der Waals surface area contributed by atoms with Gasteiger partial charge in [0.1, 0.15) is 11.6 Å². The number of rotatable bonds is 5. The third kappa shape index (κ3) is 2.97. The van der Waals surface area contributed by atoms with Crippen LogP contribution < -0.4 is 5.32 Å². The van der Waals surface area contributed by atoms with E-state index in [0.717, 1.165) is 31.0 Å². The van der Waals surface area contributed by atoms with Crippen molar-refractivity contribution in [2.45, 2.75) is 25.8 Å². The highest BCUT2D eigenvalue weighted by Gasteiger charge is 2.30. The van der Waals surface area contributed by atoms with Crippen LogP contribution in [0.15, 0.2) is 18.2 Å².